The molecule has 0 amide bonds. The summed E-state index contributed by atoms with van der Waals surface area (Å²) in [5.41, 5.74) is 5.41. The Hall–Kier alpha value is -0.610. The van der Waals surface area contributed by atoms with Crippen molar-refractivity contribution in [1.29, 1.82) is 0 Å². The lowest BCUT2D eigenvalue weighted by atomic mass is 9.71. The molecular weight excluding hydrogens is 242 g/mol. The first-order valence-corrected chi connectivity index (χ1v) is 7.09. The van der Waals surface area contributed by atoms with Crippen LogP contribution in [0.5, 0.6) is 0 Å². The minimum absolute atomic E-state index is 0.240. The van der Waals surface area contributed by atoms with Crippen molar-refractivity contribution in [2.24, 2.45) is 16.6 Å². The van der Waals surface area contributed by atoms with Crippen molar-refractivity contribution in [3.63, 3.8) is 0 Å². The highest BCUT2D eigenvalue weighted by molar-refractivity contribution is 5.75. The van der Waals surface area contributed by atoms with Gasteiger partial charge in [0, 0.05) is 6.54 Å². The molecule has 4 nitrogen and oxygen atoms in total. The normalized spacial score (nSPS) is 22.0. The second kappa shape index (κ2) is 5.80. The Morgan fingerprint density at radius 3 is 2.16 bits per heavy atom. The Bertz CT molecular complexity index is 313. The van der Waals surface area contributed by atoms with Crippen LogP contribution in [-0.4, -0.2) is 31.8 Å². The Labute approximate surface area is 117 Å². The van der Waals surface area contributed by atoms with E-state index in [1.807, 2.05) is 13.8 Å². The van der Waals surface area contributed by atoms with Gasteiger partial charge < -0.3 is 15.2 Å². The van der Waals surface area contributed by atoms with Crippen molar-refractivity contribution in [3.05, 3.63) is 0 Å². The summed E-state index contributed by atoms with van der Waals surface area (Å²) < 4.78 is 10.9. The van der Waals surface area contributed by atoms with Crippen LogP contribution < -0.4 is 5.73 Å². The van der Waals surface area contributed by atoms with Gasteiger partial charge in [-0.25, -0.2) is 0 Å². The van der Waals surface area contributed by atoms with Crippen LogP contribution >= 0.6 is 0 Å². The molecule has 112 valence electrons. The van der Waals surface area contributed by atoms with E-state index in [4.69, 9.17) is 15.2 Å². The molecule has 0 unspecified atom stereocenters. The van der Waals surface area contributed by atoms with Crippen LogP contribution in [0.2, 0.25) is 0 Å². The van der Waals surface area contributed by atoms with E-state index in [9.17, 15) is 4.79 Å². The molecule has 0 saturated heterocycles. The predicted octanol–water partition coefficient (Wildman–Crippen LogP) is 2.50. The number of ether oxygens (including phenoxy) is 2. The zero-order valence-electron chi connectivity index (χ0n) is 13.0. The van der Waals surface area contributed by atoms with E-state index in [1.54, 1.807) is 0 Å². The van der Waals surface area contributed by atoms with Gasteiger partial charge in [0.05, 0.1) is 24.7 Å². The van der Waals surface area contributed by atoms with Gasteiger partial charge in [0.1, 0.15) is 0 Å². The molecule has 19 heavy (non-hydrogen) atoms. The maximum Gasteiger partial charge on any atom is 0.313 e. The van der Waals surface area contributed by atoms with Crippen LogP contribution in [0, 0.1) is 10.8 Å². The summed E-state index contributed by atoms with van der Waals surface area (Å²) in [5, 5.41) is 0. The summed E-state index contributed by atoms with van der Waals surface area (Å²) in [6.07, 6.45) is 4.16. The van der Waals surface area contributed by atoms with E-state index in [1.165, 1.54) is 7.11 Å². The second-order valence-electron chi connectivity index (χ2n) is 7.22. The Balaban J connectivity index is 2.61. The van der Waals surface area contributed by atoms with Gasteiger partial charge in [-0.15, -0.1) is 0 Å². The first kappa shape index (κ1) is 16.4. The van der Waals surface area contributed by atoms with Gasteiger partial charge in [-0.1, -0.05) is 13.8 Å². The number of hydrogen-bond acceptors (Lipinski definition) is 4. The van der Waals surface area contributed by atoms with E-state index in [2.05, 4.69) is 13.8 Å². The van der Waals surface area contributed by atoms with Crippen LogP contribution in [0.1, 0.15) is 53.4 Å². The van der Waals surface area contributed by atoms with Gasteiger partial charge in [-0.05, 0) is 44.9 Å². The van der Waals surface area contributed by atoms with E-state index in [0.29, 0.717) is 18.6 Å². The fourth-order valence-corrected chi connectivity index (χ4v) is 2.46. The summed E-state index contributed by atoms with van der Waals surface area (Å²) in [6, 6.07) is 0. The molecule has 0 aromatic carbocycles. The lowest BCUT2D eigenvalue weighted by Gasteiger charge is -2.43. The summed E-state index contributed by atoms with van der Waals surface area (Å²) in [7, 11) is 1.41. The molecule has 0 aliphatic heterocycles. The van der Waals surface area contributed by atoms with Crippen LogP contribution in [0.25, 0.3) is 0 Å². The topological polar surface area (TPSA) is 61.5 Å². The Morgan fingerprint density at radius 2 is 1.74 bits per heavy atom. The summed E-state index contributed by atoms with van der Waals surface area (Å²) in [5.74, 6) is -0.240. The van der Waals surface area contributed by atoms with Crippen molar-refractivity contribution in [2.45, 2.75) is 59.0 Å². The molecular formula is C15H29NO3. The number of rotatable bonds is 5. The molecule has 4 heteroatoms. The number of methoxy groups -OCH3 is 1. The van der Waals surface area contributed by atoms with Gasteiger partial charge >= 0.3 is 5.97 Å². The molecule has 1 rings (SSSR count). The van der Waals surface area contributed by atoms with Gasteiger partial charge in [-0.3, -0.25) is 4.79 Å². The van der Waals surface area contributed by atoms with Crippen LogP contribution in [0.4, 0.5) is 0 Å². The number of carbonyl (C=O) groups excluding carboxylic acids is 1. The average molecular weight is 271 g/mol. The average Bonchev–Trinajstić information content (AvgIpc) is 2.37. The molecule has 0 radical (unpaired) electrons. The molecule has 0 spiro atoms. The van der Waals surface area contributed by atoms with E-state index < -0.39 is 5.41 Å². The third-order valence-electron chi connectivity index (χ3n) is 4.36. The molecule has 0 bridgehead atoms. The summed E-state index contributed by atoms with van der Waals surface area (Å²) in [4.78, 5) is 11.7. The van der Waals surface area contributed by atoms with Gasteiger partial charge in [0.2, 0.25) is 0 Å². The molecule has 0 atom stereocenters. The van der Waals surface area contributed by atoms with Crippen molar-refractivity contribution in [2.75, 3.05) is 20.3 Å². The number of hydrogen-bond donors (Lipinski definition) is 1. The molecule has 1 fully saturated rings. The molecule has 0 aromatic heterocycles. The zero-order chi connectivity index (χ0) is 14.7. The van der Waals surface area contributed by atoms with Gasteiger partial charge in [0.25, 0.3) is 0 Å². The van der Waals surface area contributed by atoms with Crippen molar-refractivity contribution >= 4 is 5.97 Å². The minimum atomic E-state index is -0.621. The first-order valence-electron chi connectivity index (χ1n) is 7.09. The minimum Gasteiger partial charge on any atom is -0.469 e. The summed E-state index contributed by atoms with van der Waals surface area (Å²) in [6.45, 7) is 9.13. The maximum atomic E-state index is 11.7. The quantitative estimate of drug-likeness (QED) is 0.780. The number of carbonyl (C=O) groups is 1. The Morgan fingerprint density at radius 1 is 1.21 bits per heavy atom. The molecule has 1 aliphatic rings. The SMILES string of the molecule is COC(=O)C(C)(C)COC1(CN)CCC(C)(C)CC1. The molecule has 0 aromatic rings. The smallest absolute Gasteiger partial charge is 0.313 e. The molecule has 1 saturated carbocycles. The third kappa shape index (κ3) is 4.18. The molecule has 0 heterocycles. The molecule has 2 N–H and O–H groups in total. The first-order chi connectivity index (χ1) is 8.66. The maximum absolute atomic E-state index is 11.7. The fourth-order valence-electron chi connectivity index (χ4n) is 2.46. The van der Waals surface area contributed by atoms with Crippen LogP contribution in [0.15, 0.2) is 0 Å². The highest BCUT2D eigenvalue weighted by atomic mass is 16.5. The van der Waals surface area contributed by atoms with Crippen molar-refractivity contribution in [3.8, 4) is 0 Å². The lowest BCUT2D eigenvalue weighted by Crippen LogP contribution is -2.48. The Kier molecular flexibility index (Phi) is 5.02. The van der Waals surface area contributed by atoms with Crippen LogP contribution in [0.3, 0.4) is 0 Å². The lowest BCUT2D eigenvalue weighted by molar-refractivity contribution is -0.162. The number of esters is 1. The molecule has 1 aliphatic carbocycles. The van der Waals surface area contributed by atoms with Crippen LogP contribution in [-0.2, 0) is 14.3 Å². The van der Waals surface area contributed by atoms with E-state index >= 15 is 0 Å². The number of nitrogens with two attached hydrogens (primary N) is 1. The standard InChI is InChI=1S/C15H29NO3/c1-13(2)6-8-15(10-16,9-7-13)19-11-14(3,4)12(17)18-5/h6-11,16H2,1-5H3. The highest BCUT2D eigenvalue weighted by Gasteiger charge is 2.40. The monoisotopic (exact) mass is 271 g/mol. The zero-order valence-corrected chi connectivity index (χ0v) is 13.0. The summed E-state index contributed by atoms with van der Waals surface area (Å²) >= 11 is 0. The second-order valence-corrected chi connectivity index (χ2v) is 7.22. The third-order valence-corrected chi connectivity index (χ3v) is 4.36. The fraction of sp³-hybridized carbons (Fsp3) is 0.933. The van der Waals surface area contributed by atoms with Gasteiger partial charge in [-0.2, -0.15) is 0 Å². The predicted molar refractivity (Wildman–Crippen MR) is 75.8 cm³/mol. The van der Waals surface area contributed by atoms with Gasteiger partial charge in [0.15, 0.2) is 0 Å². The van der Waals surface area contributed by atoms with E-state index in [-0.39, 0.29) is 11.6 Å². The van der Waals surface area contributed by atoms with E-state index in [0.717, 1.165) is 25.7 Å². The van der Waals surface area contributed by atoms with Crippen molar-refractivity contribution < 1.29 is 14.3 Å². The largest absolute Gasteiger partial charge is 0.469 e. The highest BCUT2D eigenvalue weighted by Crippen LogP contribution is 2.42. The van der Waals surface area contributed by atoms with Crippen molar-refractivity contribution in [1.82, 2.24) is 0 Å².